The predicted octanol–water partition coefficient (Wildman–Crippen LogP) is 1.01. The third-order valence-electron chi connectivity index (χ3n) is 4.36. The standard InChI is InChI=1S/C18H25N5O2/c19-12-15-8-9-16(25-15)18(24)21-10-4-5-13-11-17(20)23(22-13)14-6-2-1-3-7-14/h1-3,6-7,11,15-16H,4-5,8-10,12,19-20H2,(H,21,24)/t15-,16+/m1/s1. The highest BCUT2D eigenvalue weighted by molar-refractivity contribution is 5.80. The first-order valence-corrected chi connectivity index (χ1v) is 8.70. The van der Waals surface area contributed by atoms with E-state index in [0.717, 1.165) is 37.1 Å². The molecule has 1 aliphatic heterocycles. The van der Waals surface area contributed by atoms with Crippen LogP contribution in [-0.2, 0) is 16.0 Å². The second kappa shape index (κ2) is 8.13. The molecule has 2 atom stereocenters. The first kappa shape index (κ1) is 17.4. The highest BCUT2D eigenvalue weighted by atomic mass is 16.5. The van der Waals surface area contributed by atoms with Gasteiger partial charge in [-0.2, -0.15) is 5.10 Å². The Labute approximate surface area is 147 Å². The maximum atomic E-state index is 12.0. The highest BCUT2D eigenvalue weighted by Crippen LogP contribution is 2.19. The number of hydrogen-bond acceptors (Lipinski definition) is 5. The van der Waals surface area contributed by atoms with Crippen LogP contribution >= 0.6 is 0 Å². The molecule has 0 unspecified atom stereocenters. The van der Waals surface area contributed by atoms with E-state index < -0.39 is 0 Å². The molecule has 7 heteroatoms. The monoisotopic (exact) mass is 343 g/mol. The van der Waals surface area contributed by atoms with Gasteiger partial charge < -0.3 is 21.5 Å². The summed E-state index contributed by atoms with van der Waals surface area (Å²) < 4.78 is 7.32. The second-order valence-corrected chi connectivity index (χ2v) is 6.26. The number of nitrogens with two attached hydrogens (primary N) is 2. The van der Waals surface area contributed by atoms with Gasteiger partial charge in [0.2, 0.25) is 5.91 Å². The van der Waals surface area contributed by atoms with Crippen LogP contribution in [0, 0.1) is 0 Å². The van der Waals surface area contributed by atoms with E-state index >= 15 is 0 Å². The molecular weight excluding hydrogens is 318 g/mol. The fraction of sp³-hybridized carbons (Fsp3) is 0.444. The van der Waals surface area contributed by atoms with Crippen molar-refractivity contribution in [3.8, 4) is 5.69 Å². The average Bonchev–Trinajstić information content (AvgIpc) is 3.26. The molecule has 25 heavy (non-hydrogen) atoms. The van der Waals surface area contributed by atoms with Crippen molar-refractivity contribution in [2.45, 2.75) is 37.9 Å². The Hall–Kier alpha value is -2.38. The van der Waals surface area contributed by atoms with E-state index in [1.807, 2.05) is 36.4 Å². The Kier molecular flexibility index (Phi) is 5.67. The molecule has 1 aromatic carbocycles. The zero-order chi connectivity index (χ0) is 17.6. The number of ether oxygens (including phenoxy) is 1. The number of nitrogens with one attached hydrogen (secondary N) is 1. The number of benzene rings is 1. The van der Waals surface area contributed by atoms with Crippen LogP contribution < -0.4 is 16.8 Å². The van der Waals surface area contributed by atoms with Crippen molar-refractivity contribution in [3.63, 3.8) is 0 Å². The van der Waals surface area contributed by atoms with Gasteiger partial charge in [-0.05, 0) is 37.8 Å². The second-order valence-electron chi connectivity index (χ2n) is 6.26. The number of aromatic nitrogens is 2. The number of nitrogen functional groups attached to an aromatic ring is 1. The molecule has 5 N–H and O–H groups in total. The molecule has 0 saturated carbocycles. The van der Waals surface area contributed by atoms with Crippen molar-refractivity contribution >= 4 is 11.7 Å². The van der Waals surface area contributed by atoms with Gasteiger partial charge in [0.25, 0.3) is 0 Å². The summed E-state index contributed by atoms with van der Waals surface area (Å²) in [5.74, 6) is 0.558. The largest absolute Gasteiger partial charge is 0.384 e. The summed E-state index contributed by atoms with van der Waals surface area (Å²) in [7, 11) is 0. The summed E-state index contributed by atoms with van der Waals surface area (Å²) in [6.07, 6.45) is 2.80. The number of para-hydroxylation sites is 1. The normalized spacial score (nSPS) is 19.9. The third-order valence-corrected chi connectivity index (χ3v) is 4.36. The number of rotatable bonds is 7. The molecule has 1 aliphatic rings. The van der Waals surface area contributed by atoms with E-state index in [-0.39, 0.29) is 18.1 Å². The predicted molar refractivity (Wildman–Crippen MR) is 96.3 cm³/mol. The molecule has 1 saturated heterocycles. The smallest absolute Gasteiger partial charge is 0.249 e. The van der Waals surface area contributed by atoms with Gasteiger partial charge in [0.15, 0.2) is 0 Å². The van der Waals surface area contributed by atoms with Crippen molar-refractivity contribution in [1.29, 1.82) is 0 Å². The van der Waals surface area contributed by atoms with Crippen molar-refractivity contribution in [1.82, 2.24) is 15.1 Å². The minimum absolute atomic E-state index is 0.0145. The van der Waals surface area contributed by atoms with Crippen molar-refractivity contribution in [2.24, 2.45) is 5.73 Å². The molecule has 2 aromatic rings. The number of aryl methyl sites for hydroxylation is 1. The minimum atomic E-state index is -0.360. The summed E-state index contributed by atoms with van der Waals surface area (Å²) in [5, 5.41) is 7.46. The Morgan fingerprint density at radius 1 is 1.32 bits per heavy atom. The molecule has 3 rings (SSSR count). The van der Waals surface area contributed by atoms with Crippen molar-refractivity contribution in [2.75, 3.05) is 18.8 Å². The van der Waals surface area contributed by atoms with Crippen molar-refractivity contribution < 1.29 is 9.53 Å². The molecule has 134 valence electrons. The highest BCUT2D eigenvalue weighted by Gasteiger charge is 2.29. The molecule has 2 heterocycles. The lowest BCUT2D eigenvalue weighted by molar-refractivity contribution is -0.131. The van der Waals surface area contributed by atoms with Crippen molar-refractivity contribution in [3.05, 3.63) is 42.1 Å². The average molecular weight is 343 g/mol. The Balaban J connectivity index is 1.45. The van der Waals surface area contributed by atoms with Crippen LogP contribution in [0.5, 0.6) is 0 Å². The van der Waals surface area contributed by atoms with Crippen LogP contribution in [0.15, 0.2) is 36.4 Å². The van der Waals surface area contributed by atoms with Gasteiger partial charge in [-0.15, -0.1) is 0 Å². The summed E-state index contributed by atoms with van der Waals surface area (Å²) in [5.41, 5.74) is 13.5. The maximum Gasteiger partial charge on any atom is 0.249 e. The molecular formula is C18H25N5O2. The van der Waals surface area contributed by atoms with E-state index in [0.29, 0.717) is 18.9 Å². The number of anilines is 1. The molecule has 1 amide bonds. The van der Waals surface area contributed by atoms with Gasteiger partial charge >= 0.3 is 0 Å². The molecule has 7 nitrogen and oxygen atoms in total. The molecule has 1 fully saturated rings. The first-order chi connectivity index (χ1) is 12.2. The van der Waals surface area contributed by atoms with E-state index in [1.54, 1.807) is 4.68 Å². The lowest BCUT2D eigenvalue weighted by Gasteiger charge is -2.12. The topological polar surface area (TPSA) is 108 Å². The zero-order valence-electron chi connectivity index (χ0n) is 14.2. The number of amides is 1. The van der Waals surface area contributed by atoms with E-state index in [4.69, 9.17) is 16.2 Å². The van der Waals surface area contributed by atoms with Gasteiger partial charge in [-0.1, -0.05) is 18.2 Å². The van der Waals surface area contributed by atoms with Crippen LogP contribution in [0.25, 0.3) is 5.69 Å². The summed E-state index contributed by atoms with van der Waals surface area (Å²) >= 11 is 0. The third kappa shape index (κ3) is 4.37. The summed E-state index contributed by atoms with van der Waals surface area (Å²) in [6.45, 7) is 1.05. The lowest BCUT2D eigenvalue weighted by atomic mass is 10.2. The lowest BCUT2D eigenvalue weighted by Crippen LogP contribution is -2.36. The molecule has 1 aromatic heterocycles. The summed E-state index contributed by atoms with van der Waals surface area (Å²) in [6, 6.07) is 11.7. The Morgan fingerprint density at radius 3 is 2.84 bits per heavy atom. The van der Waals surface area contributed by atoms with E-state index in [2.05, 4.69) is 10.4 Å². The molecule has 0 spiro atoms. The minimum Gasteiger partial charge on any atom is -0.384 e. The van der Waals surface area contributed by atoms with Gasteiger partial charge in [0, 0.05) is 19.2 Å². The van der Waals surface area contributed by atoms with Crippen LogP contribution in [0.3, 0.4) is 0 Å². The van der Waals surface area contributed by atoms with Crippen LogP contribution in [0.2, 0.25) is 0 Å². The van der Waals surface area contributed by atoms with Gasteiger partial charge in [-0.25, -0.2) is 4.68 Å². The molecule has 0 bridgehead atoms. The van der Waals surface area contributed by atoms with Crippen LogP contribution in [0.4, 0.5) is 5.82 Å². The molecule has 0 radical (unpaired) electrons. The maximum absolute atomic E-state index is 12.0. The number of carbonyl (C=O) groups is 1. The quantitative estimate of drug-likeness (QED) is 0.650. The first-order valence-electron chi connectivity index (χ1n) is 8.70. The number of nitrogens with zero attached hydrogens (tertiary/aromatic N) is 2. The Bertz CT molecular complexity index is 701. The fourth-order valence-corrected chi connectivity index (χ4v) is 3.01. The number of hydrogen-bond donors (Lipinski definition) is 3. The van der Waals surface area contributed by atoms with Crippen LogP contribution in [-0.4, -0.2) is 41.0 Å². The summed E-state index contributed by atoms with van der Waals surface area (Å²) in [4.78, 5) is 12.0. The Morgan fingerprint density at radius 2 is 2.12 bits per heavy atom. The molecule has 0 aliphatic carbocycles. The van der Waals surface area contributed by atoms with Gasteiger partial charge in [0.1, 0.15) is 11.9 Å². The fourth-order valence-electron chi connectivity index (χ4n) is 3.01. The SMILES string of the molecule is NC[C@H]1CC[C@@H](C(=O)NCCCc2cc(N)n(-c3ccccc3)n2)O1. The number of carbonyl (C=O) groups excluding carboxylic acids is 1. The van der Waals surface area contributed by atoms with E-state index in [9.17, 15) is 4.79 Å². The van der Waals surface area contributed by atoms with Gasteiger partial charge in [0.05, 0.1) is 17.5 Å². The van der Waals surface area contributed by atoms with Gasteiger partial charge in [-0.3, -0.25) is 4.79 Å². The van der Waals surface area contributed by atoms with Crippen LogP contribution in [0.1, 0.15) is 25.0 Å². The van der Waals surface area contributed by atoms with E-state index in [1.165, 1.54) is 0 Å². The zero-order valence-corrected chi connectivity index (χ0v) is 14.2.